The molecule has 0 fully saturated rings. The first kappa shape index (κ1) is 18.0. The molecule has 0 radical (unpaired) electrons. The lowest BCUT2D eigenvalue weighted by Crippen LogP contribution is -2.24. The zero-order chi connectivity index (χ0) is 17.7. The third-order valence-corrected chi connectivity index (χ3v) is 3.73. The fraction of sp³-hybridized carbons (Fsp3) is 0.278. The summed E-state index contributed by atoms with van der Waals surface area (Å²) in [4.78, 5) is 16.5. The maximum atomic E-state index is 12.7. The minimum absolute atomic E-state index is 0.0717. The van der Waals surface area contributed by atoms with E-state index in [2.05, 4.69) is 10.3 Å². The Balaban J connectivity index is 2.34. The zero-order valence-corrected chi connectivity index (χ0v) is 13.4. The topological polar surface area (TPSA) is 38.3 Å². The van der Waals surface area contributed by atoms with Crippen LogP contribution >= 0.6 is 0 Å². The van der Waals surface area contributed by atoms with Crippen molar-refractivity contribution in [2.75, 3.05) is 7.11 Å². The van der Waals surface area contributed by atoms with Gasteiger partial charge in [0.1, 0.15) is 0 Å². The average molecular weight is 337 g/mol. The first-order valence-electron chi connectivity index (χ1n) is 7.37. The molecule has 0 aliphatic carbocycles. The van der Waals surface area contributed by atoms with Crippen LogP contribution in [0.5, 0.6) is 0 Å². The lowest BCUT2D eigenvalue weighted by molar-refractivity contribution is -0.137. The maximum Gasteiger partial charge on any atom is 0.416 e. The highest BCUT2D eigenvalue weighted by Gasteiger charge is 2.30. The summed E-state index contributed by atoms with van der Waals surface area (Å²) in [5.74, 6) is -0.703. The number of aryl methyl sites for hydroxylation is 1. The second-order valence-electron chi connectivity index (χ2n) is 5.52. The number of alkyl halides is 3. The SMILES string of the molecule is CONC(=O)CC(c1ccc(C)cc1)c1ccc(C(F)(F)F)cc1. The van der Waals surface area contributed by atoms with Crippen LogP contribution < -0.4 is 5.48 Å². The monoisotopic (exact) mass is 337 g/mol. The highest BCUT2D eigenvalue weighted by atomic mass is 19.4. The predicted molar refractivity (Wildman–Crippen MR) is 84.2 cm³/mol. The smallest absolute Gasteiger partial charge is 0.277 e. The third kappa shape index (κ3) is 4.58. The van der Waals surface area contributed by atoms with E-state index >= 15 is 0 Å². The number of carbonyl (C=O) groups excluding carboxylic acids is 1. The van der Waals surface area contributed by atoms with Gasteiger partial charge < -0.3 is 0 Å². The van der Waals surface area contributed by atoms with Crippen LogP contribution in [0.2, 0.25) is 0 Å². The molecule has 1 unspecified atom stereocenters. The number of nitrogens with one attached hydrogen (secondary N) is 1. The second kappa shape index (κ2) is 7.49. The van der Waals surface area contributed by atoms with Crippen LogP contribution in [-0.4, -0.2) is 13.0 Å². The predicted octanol–water partition coefficient (Wildman–Crippen LogP) is 4.21. The number of rotatable bonds is 5. The molecule has 1 amide bonds. The Kier molecular flexibility index (Phi) is 5.62. The van der Waals surface area contributed by atoms with Gasteiger partial charge in [0.25, 0.3) is 0 Å². The zero-order valence-electron chi connectivity index (χ0n) is 13.4. The minimum atomic E-state index is -4.38. The molecule has 2 aromatic rings. The van der Waals surface area contributed by atoms with Gasteiger partial charge in [-0.3, -0.25) is 9.63 Å². The van der Waals surface area contributed by atoms with Crippen molar-refractivity contribution in [1.29, 1.82) is 0 Å². The van der Waals surface area contributed by atoms with Crippen LogP contribution in [0.25, 0.3) is 0 Å². The summed E-state index contributed by atoms with van der Waals surface area (Å²) in [6.07, 6.45) is -4.31. The highest BCUT2D eigenvalue weighted by Crippen LogP contribution is 2.33. The molecule has 3 nitrogen and oxygen atoms in total. The van der Waals surface area contributed by atoms with E-state index < -0.39 is 11.7 Å². The molecule has 2 rings (SSSR count). The van der Waals surface area contributed by atoms with E-state index in [1.54, 1.807) is 0 Å². The number of halogens is 3. The Bertz CT molecular complexity index is 679. The molecule has 128 valence electrons. The van der Waals surface area contributed by atoms with Crippen LogP contribution in [0, 0.1) is 6.92 Å². The van der Waals surface area contributed by atoms with E-state index in [0.29, 0.717) is 5.56 Å². The van der Waals surface area contributed by atoms with Gasteiger partial charge >= 0.3 is 6.18 Å². The summed E-state index contributed by atoms with van der Waals surface area (Å²) in [6, 6.07) is 12.4. The Morgan fingerprint density at radius 1 is 1.04 bits per heavy atom. The van der Waals surface area contributed by atoms with Gasteiger partial charge in [-0.2, -0.15) is 13.2 Å². The largest absolute Gasteiger partial charge is 0.416 e. The van der Waals surface area contributed by atoms with Gasteiger partial charge in [0.15, 0.2) is 0 Å². The standard InChI is InChI=1S/C18H18F3NO2/c1-12-3-5-13(6-4-12)16(11-17(23)22-24-2)14-7-9-15(10-8-14)18(19,20)21/h3-10,16H,11H2,1-2H3,(H,22,23). The fourth-order valence-corrected chi connectivity index (χ4v) is 2.47. The van der Waals surface area contributed by atoms with Gasteiger partial charge in [-0.1, -0.05) is 42.0 Å². The molecule has 0 aliphatic rings. The van der Waals surface area contributed by atoms with E-state index in [0.717, 1.165) is 23.3 Å². The number of carbonyl (C=O) groups is 1. The van der Waals surface area contributed by atoms with Crippen molar-refractivity contribution in [1.82, 2.24) is 5.48 Å². The number of amides is 1. The first-order chi connectivity index (χ1) is 11.3. The fourth-order valence-electron chi connectivity index (χ4n) is 2.47. The van der Waals surface area contributed by atoms with Crippen molar-refractivity contribution in [2.45, 2.75) is 25.4 Å². The molecule has 6 heteroatoms. The van der Waals surface area contributed by atoms with Crippen molar-refractivity contribution < 1.29 is 22.8 Å². The Labute approximate surface area is 138 Å². The summed E-state index contributed by atoms with van der Waals surface area (Å²) in [5, 5.41) is 0. The van der Waals surface area contributed by atoms with E-state index in [4.69, 9.17) is 0 Å². The molecule has 0 aliphatic heterocycles. The van der Waals surface area contributed by atoms with Crippen LogP contribution in [0.1, 0.15) is 34.6 Å². The summed E-state index contributed by atoms with van der Waals surface area (Å²) in [5.41, 5.74) is 4.08. The Morgan fingerprint density at radius 3 is 2.00 bits per heavy atom. The summed E-state index contributed by atoms with van der Waals surface area (Å²) in [7, 11) is 1.33. The Morgan fingerprint density at radius 2 is 1.54 bits per heavy atom. The van der Waals surface area contributed by atoms with Gasteiger partial charge in [0, 0.05) is 12.3 Å². The summed E-state index contributed by atoms with van der Waals surface area (Å²) in [6.45, 7) is 1.94. The Hall–Kier alpha value is -2.34. The molecule has 2 aromatic carbocycles. The number of hydroxylamine groups is 1. The molecular formula is C18H18F3NO2. The lowest BCUT2D eigenvalue weighted by atomic mass is 9.87. The number of hydrogen-bond acceptors (Lipinski definition) is 2. The van der Waals surface area contributed by atoms with Gasteiger partial charge in [-0.25, -0.2) is 5.48 Å². The molecule has 0 saturated carbocycles. The van der Waals surface area contributed by atoms with Crippen molar-refractivity contribution in [3.05, 3.63) is 70.8 Å². The second-order valence-corrected chi connectivity index (χ2v) is 5.52. The van der Waals surface area contributed by atoms with E-state index in [9.17, 15) is 18.0 Å². The summed E-state index contributed by atoms with van der Waals surface area (Å²) >= 11 is 0. The third-order valence-electron chi connectivity index (χ3n) is 3.73. The summed E-state index contributed by atoms with van der Waals surface area (Å²) < 4.78 is 38.2. The van der Waals surface area contributed by atoms with Crippen molar-refractivity contribution in [3.63, 3.8) is 0 Å². The van der Waals surface area contributed by atoms with Crippen molar-refractivity contribution in [2.24, 2.45) is 0 Å². The molecular weight excluding hydrogens is 319 g/mol. The molecule has 0 bridgehead atoms. The van der Waals surface area contributed by atoms with E-state index in [-0.39, 0.29) is 18.2 Å². The van der Waals surface area contributed by atoms with Crippen LogP contribution in [0.4, 0.5) is 13.2 Å². The normalized spacial score (nSPS) is 12.7. The van der Waals surface area contributed by atoms with E-state index in [1.807, 2.05) is 31.2 Å². The van der Waals surface area contributed by atoms with Crippen LogP contribution in [0.15, 0.2) is 48.5 Å². The van der Waals surface area contributed by atoms with Crippen molar-refractivity contribution >= 4 is 5.91 Å². The molecule has 0 spiro atoms. The van der Waals surface area contributed by atoms with E-state index in [1.165, 1.54) is 19.2 Å². The van der Waals surface area contributed by atoms with Crippen molar-refractivity contribution in [3.8, 4) is 0 Å². The number of benzene rings is 2. The minimum Gasteiger partial charge on any atom is -0.277 e. The number of hydrogen-bond donors (Lipinski definition) is 1. The quantitative estimate of drug-likeness (QED) is 0.830. The highest BCUT2D eigenvalue weighted by molar-refractivity contribution is 5.76. The lowest BCUT2D eigenvalue weighted by Gasteiger charge is -2.18. The first-order valence-corrected chi connectivity index (χ1v) is 7.37. The maximum absolute atomic E-state index is 12.7. The molecule has 0 aromatic heterocycles. The molecule has 0 heterocycles. The molecule has 1 atom stereocenters. The molecule has 0 saturated heterocycles. The van der Waals surface area contributed by atoms with Crippen LogP contribution in [-0.2, 0) is 15.8 Å². The molecule has 1 N–H and O–H groups in total. The molecule has 24 heavy (non-hydrogen) atoms. The van der Waals surface area contributed by atoms with Gasteiger partial charge in [-0.15, -0.1) is 0 Å². The van der Waals surface area contributed by atoms with Gasteiger partial charge in [0.05, 0.1) is 12.7 Å². The van der Waals surface area contributed by atoms with Crippen LogP contribution in [0.3, 0.4) is 0 Å². The van der Waals surface area contributed by atoms with Gasteiger partial charge in [-0.05, 0) is 30.2 Å². The van der Waals surface area contributed by atoms with Gasteiger partial charge in [0.2, 0.25) is 5.91 Å². The average Bonchev–Trinajstić information content (AvgIpc) is 2.53.